The van der Waals surface area contributed by atoms with Gasteiger partial charge in [-0.15, -0.1) is 0 Å². The van der Waals surface area contributed by atoms with Gasteiger partial charge in [0.15, 0.2) is 0 Å². The van der Waals surface area contributed by atoms with Crippen LogP contribution in [0.2, 0.25) is 0 Å². The Morgan fingerprint density at radius 1 is 1.50 bits per heavy atom. The molecule has 0 amide bonds. The van der Waals surface area contributed by atoms with Crippen LogP contribution in [0.25, 0.3) is 0 Å². The van der Waals surface area contributed by atoms with Gasteiger partial charge in [-0.1, -0.05) is 0 Å². The Morgan fingerprint density at radius 2 is 2.25 bits per heavy atom. The van der Waals surface area contributed by atoms with Crippen molar-refractivity contribution in [3.05, 3.63) is 0 Å². The van der Waals surface area contributed by atoms with Crippen LogP contribution in [0.4, 0.5) is 8.78 Å². The molecule has 1 fully saturated rings. The molecule has 1 rings (SSSR count). The third-order valence-electron chi connectivity index (χ3n) is 2.29. The zero-order valence-corrected chi connectivity index (χ0v) is 7.22. The minimum atomic E-state index is -2.26. The van der Waals surface area contributed by atoms with Crippen molar-refractivity contribution in [3.63, 3.8) is 0 Å². The smallest absolute Gasteiger partial charge is 0.250 e. The number of rotatable bonds is 4. The van der Waals surface area contributed by atoms with E-state index in [0.717, 1.165) is 19.3 Å². The third-order valence-corrected chi connectivity index (χ3v) is 2.29. The van der Waals surface area contributed by atoms with E-state index in [4.69, 9.17) is 4.74 Å². The largest absolute Gasteiger partial charge is 0.380 e. The van der Waals surface area contributed by atoms with Gasteiger partial charge in [-0.25, -0.2) is 8.78 Å². The molecule has 2 unspecified atom stereocenters. The van der Waals surface area contributed by atoms with Crippen molar-refractivity contribution in [2.24, 2.45) is 0 Å². The molecule has 0 aromatic heterocycles. The monoisotopic (exact) mass is 179 g/mol. The Bertz CT molecular complexity index is 132. The van der Waals surface area contributed by atoms with Crippen LogP contribution in [0, 0.1) is 0 Å². The Morgan fingerprint density at radius 3 is 2.83 bits per heavy atom. The van der Waals surface area contributed by atoms with E-state index in [1.807, 2.05) is 0 Å². The molecule has 0 spiro atoms. The SMILES string of the molecule is COC1CCCC1NCC(F)F. The summed E-state index contributed by atoms with van der Waals surface area (Å²) < 4.78 is 28.8. The van der Waals surface area contributed by atoms with E-state index < -0.39 is 6.43 Å². The first-order valence-corrected chi connectivity index (χ1v) is 4.28. The van der Waals surface area contributed by atoms with Gasteiger partial charge in [-0.2, -0.15) is 0 Å². The molecule has 4 heteroatoms. The molecule has 0 radical (unpaired) electrons. The van der Waals surface area contributed by atoms with Crippen LogP contribution in [0.3, 0.4) is 0 Å². The standard InChI is InChI=1S/C8H15F2NO/c1-12-7-4-2-3-6(7)11-5-8(9)10/h6-8,11H,2-5H2,1H3. The van der Waals surface area contributed by atoms with Crippen molar-refractivity contribution in [3.8, 4) is 0 Å². The fourth-order valence-electron chi connectivity index (χ4n) is 1.68. The van der Waals surface area contributed by atoms with Gasteiger partial charge >= 0.3 is 0 Å². The molecular formula is C8H15F2NO. The predicted molar refractivity (Wildman–Crippen MR) is 42.4 cm³/mol. The molecule has 1 aliphatic carbocycles. The van der Waals surface area contributed by atoms with Crippen molar-refractivity contribution in [2.75, 3.05) is 13.7 Å². The van der Waals surface area contributed by atoms with Gasteiger partial charge in [0.1, 0.15) is 0 Å². The molecule has 1 N–H and O–H groups in total. The van der Waals surface area contributed by atoms with Crippen LogP contribution in [0.5, 0.6) is 0 Å². The van der Waals surface area contributed by atoms with Gasteiger partial charge in [0.25, 0.3) is 6.43 Å². The van der Waals surface area contributed by atoms with Crippen LogP contribution in [-0.4, -0.2) is 32.2 Å². The summed E-state index contributed by atoms with van der Waals surface area (Å²) in [4.78, 5) is 0. The summed E-state index contributed by atoms with van der Waals surface area (Å²) in [7, 11) is 1.63. The summed E-state index contributed by atoms with van der Waals surface area (Å²) in [6, 6.07) is 0.129. The molecule has 1 saturated carbocycles. The second kappa shape index (κ2) is 4.72. The van der Waals surface area contributed by atoms with Gasteiger partial charge in [-0.3, -0.25) is 0 Å². The highest BCUT2D eigenvalue weighted by Crippen LogP contribution is 2.21. The highest BCUT2D eigenvalue weighted by molar-refractivity contribution is 4.83. The summed E-state index contributed by atoms with van der Waals surface area (Å²) in [6.45, 7) is -0.218. The van der Waals surface area contributed by atoms with E-state index in [0.29, 0.717) is 0 Å². The maximum absolute atomic E-state index is 11.8. The molecule has 12 heavy (non-hydrogen) atoms. The quantitative estimate of drug-likeness (QED) is 0.704. The molecule has 0 heterocycles. The molecule has 0 aromatic rings. The molecule has 2 nitrogen and oxygen atoms in total. The van der Waals surface area contributed by atoms with Crippen molar-refractivity contribution in [1.82, 2.24) is 5.32 Å². The number of alkyl halides is 2. The predicted octanol–water partition coefficient (Wildman–Crippen LogP) is 1.41. The lowest BCUT2D eigenvalue weighted by molar-refractivity contribution is 0.0740. The minimum absolute atomic E-state index is 0.128. The van der Waals surface area contributed by atoms with Crippen molar-refractivity contribution >= 4 is 0 Å². The van der Waals surface area contributed by atoms with Crippen molar-refractivity contribution < 1.29 is 13.5 Å². The molecule has 72 valence electrons. The third kappa shape index (κ3) is 2.68. The van der Waals surface area contributed by atoms with E-state index >= 15 is 0 Å². The summed E-state index contributed by atoms with van der Waals surface area (Å²) >= 11 is 0. The zero-order chi connectivity index (χ0) is 8.97. The van der Waals surface area contributed by atoms with Crippen molar-refractivity contribution in [2.45, 2.75) is 37.8 Å². The number of methoxy groups -OCH3 is 1. The van der Waals surface area contributed by atoms with Crippen LogP contribution in [0.1, 0.15) is 19.3 Å². The van der Waals surface area contributed by atoms with Gasteiger partial charge in [-0.05, 0) is 19.3 Å². The highest BCUT2D eigenvalue weighted by atomic mass is 19.3. The molecule has 1 aliphatic rings. The Balaban J connectivity index is 2.21. The number of halogens is 2. The number of hydrogen-bond donors (Lipinski definition) is 1. The Kier molecular flexibility index (Phi) is 3.88. The molecule has 0 saturated heterocycles. The van der Waals surface area contributed by atoms with E-state index in [1.165, 1.54) is 0 Å². The second-order valence-electron chi connectivity index (χ2n) is 3.11. The minimum Gasteiger partial charge on any atom is -0.380 e. The Labute approximate surface area is 71.3 Å². The van der Waals surface area contributed by atoms with E-state index in [2.05, 4.69) is 5.32 Å². The van der Waals surface area contributed by atoms with Gasteiger partial charge in [0.05, 0.1) is 12.6 Å². The van der Waals surface area contributed by atoms with E-state index in [-0.39, 0.29) is 18.7 Å². The average Bonchev–Trinajstić information content (AvgIpc) is 2.47. The molecule has 0 aliphatic heterocycles. The molecular weight excluding hydrogens is 164 g/mol. The lowest BCUT2D eigenvalue weighted by Crippen LogP contribution is -2.39. The number of nitrogens with one attached hydrogen (secondary N) is 1. The van der Waals surface area contributed by atoms with Crippen LogP contribution >= 0.6 is 0 Å². The lowest BCUT2D eigenvalue weighted by atomic mass is 10.2. The van der Waals surface area contributed by atoms with Crippen molar-refractivity contribution in [1.29, 1.82) is 0 Å². The van der Waals surface area contributed by atoms with Crippen LogP contribution in [-0.2, 0) is 4.74 Å². The molecule has 0 aromatic carbocycles. The number of ether oxygens (including phenoxy) is 1. The first-order valence-electron chi connectivity index (χ1n) is 4.28. The lowest BCUT2D eigenvalue weighted by Gasteiger charge is -2.19. The van der Waals surface area contributed by atoms with Crippen LogP contribution < -0.4 is 5.32 Å². The van der Waals surface area contributed by atoms with Gasteiger partial charge in [0, 0.05) is 13.2 Å². The molecule has 0 bridgehead atoms. The first kappa shape index (κ1) is 9.86. The van der Waals surface area contributed by atoms with E-state index in [1.54, 1.807) is 7.11 Å². The normalized spacial score (nSPS) is 30.0. The average molecular weight is 179 g/mol. The van der Waals surface area contributed by atoms with Crippen LogP contribution in [0.15, 0.2) is 0 Å². The summed E-state index contributed by atoms with van der Waals surface area (Å²) in [5.74, 6) is 0. The highest BCUT2D eigenvalue weighted by Gasteiger charge is 2.26. The fourth-order valence-corrected chi connectivity index (χ4v) is 1.68. The summed E-state index contributed by atoms with van der Waals surface area (Å²) in [5, 5.41) is 2.81. The van der Waals surface area contributed by atoms with E-state index in [9.17, 15) is 8.78 Å². The summed E-state index contributed by atoms with van der Waals surface area (Å²) in [6.07, 6.45) is 0.869. The maximum Gasteiger partial charge on any atom is 0.250 e. The Hall–Kier alpha value is -0.220. The van der Waals surface area contributed by atoms with Gasteiger partial charge < -0.3 is 10.1 Å². The van der Waals surface area contributed by atoms with Gasteiger partial charge in [0.2, 0.25) is 0 Å². The number of hydrogen-bond acceptors (Lipinski definition) is 2. The zero-order valence-electron chi connectivity index (χ0n) is 7.22. The fraction of sp³-hybridized carbons (Fsp3) is 1.00. The first-order chi connectivity index (χ1) is 5.74. The summed E-state index contributed by atoms with van der Waals surface area (Å²) in [5.41, 5.74) is 0. The second-order valence-corrected chi connectivity index (χ2v) is 3.11. The topological polar surface area (TPSA) is 21.3 Å². The maximum atomic E-state index is 11.8. The molecule has 2 atom stereocenters.